The summed E-state index contributed by atoms with van der Waals surface area (Å²) in [4.78, 5) is 35.8. The van der Waals surface area contributed by atoms with Gasteiger partial charge < -0.3 is 14.8 Å². The van der Waals surface area contributed by atoms with Gasteiger partial charge in [0.1, 0.15) is 5.60 Å². The summed E-state index contributed by atoms with van der Waals surface area (Å²) in [6.45, 7) is 5.02. The molecule has 29 heavy (non-hydrogen) atoms. The zero-order valence-electron chi connectivity index (χ0n) is 16.9. The van der Waals surface area contributed by atoms with Crippen LogP contribution in [0, 0.1) is 0 Å². The predicted octanol–water partition coefficient (Wildman–Crippen LogP) is 3.90. The van der Waals surface area contributed by atoms with E-state index in [0.29, 0.717) is 5.56 Å². The number of rotatable bonds is 6. The fourth-order valence-corrected chi connectivity index (χ4v) is 3.18. The van der Waals surface area contributed by atoms with Crippen LogP contribution in [0.1, 0.15) is 48.7 Å². The standard InChI is InChI=1S/C23H25NO5/c1-23(2,3)29-22(27)24-11-10-21(26)28-14-20(25)17-9-8-16-12-15-6-4-5-7-18(15)19(16)13-17/h4-9,13H,10-12,14H2,1-3H3,(H,24,27). The lowest BCUT2D eigenvalue weighted by molar-refractivity contribution is -0.142. The Balaban J connectivity index is 1.48. The molecule has 1 N–H and O–H groups in total. The third-order valence-corrected chi connectivity index (χ3v) is 4.48. The maximum atomic E-state index is 12.4. The zero-order valence-corrected chi connectivity index (χ0v) is 16.9. The molecule has 0 spiro atoms. The Morgan fingerprint density at radius 2 is 1.72 bits per heavy atom. The van der Waals surface area contributed by atoms with Crippen molar-refractivity contribution in [2.75, 3.05) is 13.2 Å². The van der Waals surface area contributed by atoms with Gasteiger partial charge in [-0.2, -0.15) is 0 Å². The topological polar surface area (TPSA) is 81.7 Å². The van der Waals surface area contributed by atoms with Gasteiger partial charge in [0.15, 0.2) is 12.4 Å². The van der Waals surface area contributed by atoms with Crippen LogP contribution in [0.15, 0.2) is 42.5 Å². The third-order valence-electron chi connectivity index (χ3n) is 4.48. The lowest BCUT2D eigenvalue weighted by atomic mass is 10.0. The molecule has 0 radical (unpaired) electrons. The van der Waals surface area contributed by atoms with Crippen LogP contribution in [0.5, 0.6) is 0 Å². The number of carbonyl (C=O) groups excluding carboxylic acids is 3. The minimum Gasteiger partial charge on any atom is -0.457 e. The summed E-state index contributed by atoms with van der Waals surface area (Å²) >= 11 is 0. The van der Waals surface area contributed by atoms with Gasteiger partial charge >= 0.3 is 12.1 Å². The SMILES string of the molecule is CC(C)(C)OC(=O)NCCC(=O)OCC(=O)c1ccc2c(c1)-c1ccccc1C2. The molecule has 6 nitrogen and oxygen atoms in total. The smallest absolute Gasteiger partial charge is 0.407 e. The Labute approximate surface area is 170 Å². The lowest BCUT2D eigenvalue weighted by Crippen LogP contribution is -2.33. The largest absolute Gasteiger partial charge is 0.457 e. The van der Waals surface area contributed by atoms with Crippen LogP contribution >= 0.6 is 0 Å². The highest BCUT2D eigenvalue weighted by molar-refractivity contribution is 5.99. The molecule has 0 unspecified atom stereocenters. The van der Waals surface area contributed by atoms with Crippen molar-refractivity contribution in [1.29, 1.82) is 0 Å². The molecule has 2 aromatic carbocycles. The Kier molecular flexibility index (Phi) is 6.01. The van der Waals surface area contributed by atoms with Crippen molar-refractivity contribution in [3.63, 3.8) is 0 Å². The highest BCUT2D eigenvalue weighted by Crippen LogP contribution is 2.36. The zero-order chi connectivity index (χ0) is 21.0. The van der Waals surface area contributed by atoms with Crippen LogP contribution in [-0.4, -0.2) is 36.6 Å². The number of ether oxygens (including phenoxy) is 2. The molecular formula is C23H25NO5. The molecule has 6 heteroatoms. The van der Waals surface area contributed by atoms with E-state index in [1.165, 1.54) is 11.1 Å². The van der Waals surface area contributed by atoms with Crippen molar-refractivity contribution in [2.45, 2.75) is 39.2 Å². The fourth-order valence-electron chi connectivity index (χ4n) is 3.18. The second-order valence-electron chi connectivity index (χ2n) is 7.97. The summed E-state index contributed by atoms with van der Waals surface area (Å²) in [7, 11) is 0. The van der Waals surface area contributed by atoms with Gasteiger partial charge in [0, 0.05) is 12.1 Å². The van der Waals surface area contributed by atoms with Gasteiger partial charge in [-0.15, -0.1) is 0 Å². The molecule has 0 aromatic heterocycles. The van der Waals surface area contributed by atoms with Gasteiger partial charge in [-0.1, -0.05) is 36.4 Å². The van der Waals surface area contributed by atoms with E-state index in [-0.39, 0.29) is 25.4 Å². The molecule has 1 aliphatic rings. The van der Waals surface area contributed by atoms with Gasteiger partial charge in [0.25, 0.3) is 0 Å². The Morgan fingerprint density at radius 3 is 2.48 bits per heavy atom. The number of amides is 1. The first-order valence-corrected chi connectivity index (χ1v) is 9.60. The highest BCUT2D eigenvalue weighted by atomic mass is 16.6. The number of nitrogens with one attached hydrogen (secondary N) is 1. The molecule has 0 heterocycles. The predicted molar refractivity (Wildman–Crippen MR) is 109 cm³/mol. The van der Waals surface area contributed by atoms with Gasteiger partial charge in [-0.25, -0.2) is 4.79 Å². The van der Waals surface area contributed by atoms with Crippen LogP contribution in [-0.2, 0) is 20.7 Å². The number of ketones is 1. The van der Waals surface area contributed by atoms with E-state index in [9.17, 15) is 14.4 Å². The number of fused-ring (bicyclic) bond motifs is 3. The number of hydrogen-bond acceptors (Lipinski definition) is 5. The summed E-state index contributed by atoms with van der Waals surface area (Å²) in [5.41, 5.74) is 4.54. The average Bonchev–Trinajstić information content (AvgIpc) is 3.02. The van der Waals surface area contributed by atoms with Crippen molar-refractivity contribution < 1.29 is 23.9 Å². The first kappa shape index (κ1) is 20.6. The normalized spacial score (nSPS) is 12.0. The summed E-state index contributed by atoms with van der Waals surface area (Å²) in [6.07, 6.45) is 0.226. The lowest BCUT2D eigenvalue weighted by Gasteiger charge is -2.19. The molecule has 1 amide bonds. The van der Waals surface area contributed by atoms with E-state index >= 15 is 0 Å². The maximum Gasteiger partial charge on any atom is 0.407 e. The molecule has 0 saturated heterocycles. The average molecular weight is 395 g/mol. The number of benzene rings is 2. The van der Waals surface area contributed by atoms with Gasteiger partial charge in [-0.05, 0) is 55.5 Å². The van der Waals surface area contributed by atoms with Gasteiger partial charge in [0.05, 0.1) is 6.42 Å². The summed E-state index contributed by atoms with van der Waals surface area (Å²) in [6, 6.07) is 13.7. The van der Waals surface area contributed by atoms with Gasteiger partial charge in [-0.3, -0.25) is 9.59 Å². The maximum absolute atomic E-state index is 12.4. The van der Waals surface area contributed by atoms with E-state index in [4.69, 9.17) is 9.47 Å². The number of esters is 1. The van der Waals surface area contributed by atoms with E-state index in [1.807, 2.05) is 30.3 Å². The molecular weight excluding hydrogens is 370 g/mol. The number of alkyl carbamates (subject to hydrolysis) is 1. The molecule has 152 valence electrons. The Hall–Kier alpha value is -3.15. The van der Waals surface area contributed by atoms with Crippen molar-refractivity contribution in [2.24, 2.45) is 0 Å². The Morgan fingerprint density at radius 1 is 1.00 bits per heavy atom. The quantitative estimate of drug-likeness (QED) is 0.506. The molecule has 0 fully saturated rings. The second-order valence-corrected chi connectivity index (χ2v) is 7.97. The molecule has 0 aliphatic heterocycles. The minimum absolute atomic E-state index is 0.0376. The minimum atomic E-state index is -0.604. The van der Waals surface area contributed by atoms with Gasteiger partial charge in [0.2, 0.25) is 0 Å². The second kappa shape index (κ2) is 8.47. The van der Waals surface area contributed by atoms with E-state index < -0.39 is 17.7 Å². The number of Topliss-reactive ketones (excluding diaryl/α,β-unsaturated/α-hetero) is 1. The van der Waals surface area contributed by atoms with Crippen molar-refractivity contribution in [3.05, 3.63) is 59.2 Å². The Bertz CT molecular complexity index is 943. The summed E-state index contributed by atoms with van der Waals surface area (Å²) in [5, 5.41) is 2.48. The summed E-state index contributed by atoms with van der Waals surface area (Å²) in [5.74, 6) is -0.813. The van der Waals surface area contributed by atoms with E-state index in [1.54, 1.807) is 26.8 Å². The monoisotopic (exact) mass is 395 g/mol. The number of carbonyl (C=O) groups is 3. The first-order valence-electron chi connectivity index (χ1n) is 9.60. The van der Waals surface area contributed by atoms with Crippen LogP contribution in [0.4, 0.5) is 4.79 Å². The van der Waals surface area contributed by atoms with E-state index in [2.05, 4.69) is 11.4 Å². The molecule has 0 bridgehead atoms. The van der Waals surface area contributed by atoms with Crippen molar-refractivity contribution in [1.82, 2.24) is 5.32 Å². The van der Waals surface area contributed by atoms with Crippen molar-refractivity contribution >= 4 is 17.8 Å². The molecule has 0 saturated carbocycles. The van der Waals surface area contributed by atoms with E-state index in [0.717, 1.165) is 17.5 Å². The highest BCUT2D eigenvalue weighted by Gasteiger charge is 2.20. The molecule has 0 atom stereocenters. The molecule has 3 rings (SSSR count). The molecule has 1 aliphatic carbocycles. The van der Waals surface area contributed by atoms with Crippen LogP contribution < -0.4 is 5.32 Å². The third kappa shape index (κ3) is 5.44. The summed E-state index contributed by atoms with van der Waals surface area (Å²) < 4.78 is 10.1. The number of hydrogen-bond donors (Lipinski definition) is 1. The first-order chi connectivity index (χ1) is 13.7. The van der Waals surface area contributed by atoms with Crippen molar-refractivity contribution in [3.8, 4) is 11.1 Å². The van der Waals surface area contributed by atoms with Crippen LogP contribution in [0.3, 0.4) is 0 Å². The molecule has 2 aromatic rings. The van der Waals surface area contributed by atoms with Crippen LogP contribution in [0.2, 0.25) is 0 Å². The van der Waals surface area contributed by atoms with Crippen LogP contribution in [0.25, 0.3) is 11.1 Å². The fraction of sp³-hybridized carbons (Fsp3) is 0.348.